The quantitative estimate of drug-likeness (QED) is 0.679. The molecule has 0 N–H and O–H groups in total. The maximum absolute atomic E-state index is 2.89. The Balaban J connectivity index is 1.62. The van der Waals surface area contributed by atoms with Crippen molar-refractivity contribution < 1.29 is 0 Å². The molecule has 3 heterocycles. The number of benzene rings is 2. The van der Waals surface area contributed by atoms with Gasteiger partial charge in [-0.05, 0) is 68.0 Å². The van der Waals surface area contributed by atoms with E-state index in [1.807, 2.05) is 23.5 Å². The highest BCUT2D eigenvalue weighted by atomic mass is 32.2. The highest BCUT2D eigenvalue weighted by Crippen LogP contribution is 2.47. The van der Waals surface area contributed by atoms with Gasteiger partial charge in [0.25, 0.3) is 0 Å². The minimum Gasteiger partial charge on any atom is -0.303 e. The predicted molar refractivity (Wildman–Crippen MR) is 111 cm³/mol. The van der Waals surface area contributed by atoms with Gasteiger partial charge in [0.15, 0.2) is 0 Å². The summed E-state index contributed by atoms with van der Waals surface area (Å²) in [6.45, 7) is 2.44. The maximum atomic E-state index is 2.89. The van der Waals surface area contributed by atoms with Crippen LogP contribution in [-0.4, -0.2) is 48.3 Å². The van der Waals surface area contributed by atoms with Crippen LogP contribution in [-0.2, 0) is 6.42 Å². The molecule has 0 radical (unpaired) electrons. The van der Waals surface area contributed by atoms with Crippen LogP contribution in [0.3, 0.4) is 0 Å². The summed E-state index contributed by atoms with van der Waals surface area (Å²) in [6.07, 6.45) is 6.05. The van der Waals surface area contributed by atoms with Crippen molar-refractivity contribution in [1.29, 1.82) is 0 Å². The second-order valence-corrected chi connectivity index (χ2v) is 9.85. The predicted octanol–water partition coefficient (Wildman–Crippen LogP) is 4.94. The van der Waals surface area contributed by atoms with E-state index >= 15 is 0 Å². The molecule has 0 spiro atoms. The minimum atomic E-state index is 0.513. The summed E-state index contributed by atoms with van der Waals surface area (Å²) in [4.78, 5) is 9.72. The highest BCUT2D eigenvalue weighted by molar-refractivity contribution is 7.99. The van der Waals surface area contributed by atoms with E-state index in [9.17, 15) is 0 Å². The zero-order valence-corrected chi connectivity index (χ0v) is 17.2. The van der Waals surface area contributed by atoms with Gasteiger partial charge in [-0.3, -0.25) is 4.90 Å². The van der Waals surface area contributed by atoms with Gasteiger partial charge in [0.1, 0.15) is 0 Å². The first-order valence-electron chi connectivity index (χ1n) is 9.62. The number of hydrogen-bond acceptors (Lipinski definition) is 4. The van der Waals surface area contributed by atoms with Crippen LogP contribution in [0.5, 0.6) is 0 Å². The number of likely N-dealkylation sites (tertiary alicyclic amines) is 1. The molecule has 3 atom stereocenters. The average molecular weight is 383 g/mol. The molecular weight excluding hydrogens is 356 g/mol. The zero-order chi connectivity index (χ0) is 17.7. The van der Waals surface area contributed by atoms with E-state index in [0.29, 0.717) is 18.1 Å². The Hall–Kier alpha value is -0.940. The third-order valence-electron chi connectivity index (χ3n) is 6.26. The number of rotatable bonds is 2. The first kappa shape index (κ1) is 17.2. The Bertz CT molecular complexity index is 808. The minimum absolute atomic E-state index is 0.513. The lowest BCUT2D eigenvalue weighted by molar-refractivity contribution is 0.0423. The lowest BCUT2D eigenvalue weighted by Crippen LogP contribution is -2.53. The molecule has 5 rings (SSSR count). The van der Waals surface area contributed by atoms with Gasteiger partial charge in [-0.2, -0.15) is 0 Å². The Morgan fingerprint density at radius 2 is 1.77 bits per heavy atom. The Kier molecular flexibility index (Phi) is 4.56. The van der Waals surface area contributed by atoms with E-state index in [-0.39, 0.29) is 0 Å². The summed E-state index contributed by atoms with van der Waals surface area (Å²) in [5.41, 5.74) is 3.07. The van der Waals surface area contributed by atoms with E-state index < -0.39 is 0 Å². The largest absolute Gasteiger partial charge is 0.303 e. The molecule has 2 aromatic carbocycles. The van der Waals surface area contributed by atoms with Gasteiger partial charge < -0.3 is 4.90 Å². The van der Waals surface area contributed by atoms with Gasteiger partial charge in [-0.25, -0.2) is 0 Å². The molecular formula is C22H26N2S2. The fraction of sp³-hybridized carbons (Fsp3) is 0.455. The zero-order valence-electron chi connectivity index (χ0n) is 15.5. The molecule has 3 unspecified atom stereocenters. The summed E-state index contributed by atoms with van der Waals surface area (Å²) in [7, 11) is 2.29. The third-order valence-corrected chi connectivity index (χ3v) is 8.20. The van der Waals surface area contributed by atoms with E-state index in [1.165, 1.54) is 46.2 Å². The van der Waals surface area contributed by atoms with E-state index in [4.69, 9.17) is 0 Å². The molecule has 4 heteroatoms. The summed E-state index contributed by atoms with van der Waals surface area (Å²) in [5, 5.41) is 0. The van der Waals surface area contributed by atoms with E-state index in [0.717, 1.165) is 6.42 Å². The molecule has 2 fully saturated rings. The Labute approximate surface area is 165 Å². The molecule has 26 heavy (non-hydrogen) atoms. The lowest BCUT2D eigenvalue weighted by Gasteiger charge is -2.44. The fourth-order valence-corrected chi connectivity index (χ4v) is 6.70. The number of thioether (sulfide) groups is 1. The average Bonchev–Trinajstić information content (AvgIpc) is 2.83. The van der Waals surface area contributed by atoms with E-state index in [2.05, 4.69) is 65.6 Å². The topological polar surface area (TPSA) is 6.48 Å². The lowest BCUT2D eigenvalue weighted by atomic mass is 9.95. The van der Waals surface area contributed by atoms with Crippen LogP contribution in [0, 0.1) is 0 Å². The number of likely N-dealkylation sites (N-methyl/N-ethyl adjacent to an activating group) is 1. The molecule has 0 amide bonds. The molecule has 0 saturated carbocycles. The van der Waals surface area contributed by atoms with Crippen LogP contribution >= 0.6 is 23.5 Å². The number of piperazine rings is 1. The smallest absolute Gasteiger partial charge is 0.0407 e. The fourth-order valence-electron chi connectivity index (χ4n) is 5.14. The highest BCUT2D eigenvalue weighted by Gasteiger charge is 2.43. The second kappa shape index (κ2) is 6.90. The first-order chi connectivity index (χ1) is 12.7. The van der Waals surface area contributed by atoms with Gasteiger partial charge >= 0.3 is 0 Å². The van der Waals surface area contributed by atoms with Gasteiger partial charge in [-0.15, -0.1) is 11.8 Å². The molecule has 2 aromatic rings. The molecule has 136 valence electrons. The van der Waals surface area contributed by atoms with Crippen molar-refractivity contribution >= 4 is 23.5 Å². The summed E-state index contributed by atoms with van der Waals surface area (Å²) < 4.78 is 0. The number of hydrogen-bond donors (Lipinski definition) is 0. The summed E-state index contributed by atoms with van der Waals surface area (Å²) in [5.74, 6) is 0. The summed E-state index contributed by atoms with van der Waals surface area (Å²) >= 11 is 3.83. The van der Waals surface area contributed by atoms with Crippen LogP contribution in [0.25, 0.3) is 0 Å². The van der Waals surface area contributed by atoms with Crippen LogP contribution < -0.4 is 0 Å². The normalized spacial score (nSPS) is 28.5. The van der Waals surface area contributed by atoms with Crippen molar-refractivity contribution in [2.75, 3.05) is 26.4 Å². The molecule has 3 aliphatic rings. The first-order valence-corrected chi connectivity index (χ1v) is 11.7. The van der Waals surface area contributed by atoms with Gasteiger partial charge in [0, 0.05) is 45.9 Å². The molecule has 2 saturated heterocycles. The van der Waals surface area contributed by atoms with E-state index in [1.54, 1.807) is 5.56 Å². The van der Waals surface area contributed by atoms with Gasteiger partial charge in [-0.1, -0.05) is 30.0 Å². The van der Waals surface area contributed by atoms with Crippen molar-refractivity contribution in [2.24, 2.45) is 0 Å². The molecule has 2 nitrogen and oxygen atoms in total. The molecule has 3 aliphatic heterocycles. The van der Waals surface area contributed by atoms with Crippen LogP contribution in [0.4, 0.5) is 0 Å². The van der Waals surface area contributed by atoms with Crippen molar-refractivity contribution in [1.82, 2.24) is 9.80 Å². The number of fused-ring (bicyclic) bond motifs is 4. The van der Waals surface area contributed by atoms with Crippen LogP contribution in [0.2, 0.25) is 0 Å². The second-order valence-electron chi connectivity index (χ2n) is 7.89. The molecule has 0 aromatic heterocycles. The van der Waals surface area contributed by atoms with Gasteiger partial charge in [0.2, 0.25) is 0 Å². The maximum Gasteiger partial charge on any atom is 0.0407 e. The Morgan fingerprint density at radius 3 is 2.54 bits per heavy atom. The number of nitrogens with zero attached hydrogens (tertiary/aromatic N) is 2. The van der Waals surface area contributed by atoms with Crippen molar-refractivity contribution in [3.8, 4) is 0 Å². The van der Waals surface area contributed by atoms with Gasteiger partial charge in [0.05, 0.1) is 0 Å². The molecule has 0 aliphatic carbocycles. The molecule has 2 bridgehead atoms. The van der Waals surface area contributed by atoms with Crippen LogP contribution in [0.15, 0.2) is 57.2 Å². The summed E-state index contributed by atoms with van der Waals surface area (Å²) in [6, 6.07) is 18.1. The third kappa shape index (κ3) is 2.91. The van der Waals surface area contributed by atoms with Crippen molar-refractivity contribution in [3.63, 3.8) is 0 Å². The van der Waals surface area contributed by atoms with Crippen molar-refractivity contribution in [2.45, 2.75) is 52.1 Å². The van der Waals surface area contributed by atoms with Crippen LogP contribution in [0.1, 0.15) is 30.0 Å². The van der Waals surface area contributed by atoms with Crippen molar-refractivity contribution in [3.05, 3.63) is 53.6 Å². The monoisotopic (exact) mass is 382 g/mol. The standard InChI is InChI=1S/C22H26N2S2/c1-23-13-16-7-8-17(14-23)24(16)20-11-15-5-3-4-6-21(15)26-22-10-9-18(25-2)12-19(20)22/h3-6,9-10,12,16-17,20H,7-8,11,13-14H2,1-2H3. The Morgan fingerprint density at radius 1 is 1.00 bits per heavy atom. The SMILES string of the molecule is CSc1ccc2c(c1)C(N1C3CCC1CN(C)C3)Cc1ccccc1S2.